The molecule has 0 radical (unpaired) electrons. The molecule has 1 rings (SSSR count). The molecule has 23 heavy (non-hydrogen) atoms. The maximum Gasteiger partial charge on any atom is 0.185 e. The maximum absolute atomic E-state index is 6.78. The fourth-order valence-corrected chi connectivity index (χ4v) is 17.4. The topological polar surface area (TPSA) is 42.8 Å². The molecule has 0 spiro atoms. The lowest BCUT2D eigenvalue weighted by atomic mass is 10.0. The van der Waals surface area contributed by atoms with Gasteiger partial charge in [0.25, 0.3) is 0 Å². The van der Waals surface area contributed by atoms with Crippen molar-refractivity contribution >= 4 is 32.2 Å². The molecule has 2 atom stereocenters. The van der Waals surface area contributed by atoms with Gasteiger partial charge in [-0.05, 0) is 60.1 Å². The third-order valence-electron chi connectivity index (χ3n) is 3.23. The van der Waals surface area contributed by atoms with E-state index in [1.165, 1.54) is 0 Å². The molecule has 8 heteroatoms. The third kappa shape index (κ3) is 6.21. The van der Waals surface area contributed by atoms with E-state index in [4.69, 9.17) is 13.4 Å². The standard InChI is InChI=1S/C15H39N2O2PSi3/c1-14(2)13-15(3,19-23(10,11)12)20(18-14,16-21(4,5)6)17-22(7,8)9/h16H,13H2,1-12H3. The van der Waals surface area contributed by atoms with Gasteiger partial charge in [-0.25, -0.2) is 0 Å². The summed E-state index contributed by atoms with van der Waals surface area (Å²) < 4.78 is 22.9. The molecule has 0 aromatic rings. The quantitative estimate of drug-likeness (QED) is 0.456. The van der Waals surface area contributed by atoms with E-state index in [-0.39, 0.29) is 10.9 Å². The molecule has 0 bridgehead atoms. The van der Waals surface area contributed by atoms with Crippen LogP contribution in [0.2, 0.25) is 58.9 Å². The first-order chi connectivity index (χ1) is 9.79. The van der Waals surface area contributed by atoms with Crippen LogP contribution in [0.4, 0.5) is 0 Å². The Morgan fingerprint density at radius 3 is 1.78 bits per heavy atom. The van der Waals surface area contributed by atoms with Crippen LogP contribution in [0.3, 0.4) is 0 Å². The molecule has 0 amide bonds. The molecule has 1 saturated heterocycles. The number of rotatable bonds is 5. The van der Waals surface area contributed by atoms with Gasteiger partial charge in [0.1, 0.15) is 13.6 Å². The van der Waals surface area contributed by atoms with Gasteiger partial charge in [0.05, 0.1) is 5.60 Å². The molecule has 1 fully saturated rings. The number of hydrogen-bond donors (Lipinski definition) is 1. The number of hydrogen-bond acceptors (Lipinski definition) is 3. The van der Waals surface area contributed by atoms with Gasteiger partial charge in [-0.15, -0.1) is 0 Å². The van der Waals surface area contributed by atoms with Crippen LogP contribution in [0.15, 0.2) is 4.41 Å². The van der Waals surface area contributed by atoms with Gasteiger partial charge in [-0.1, -0.05) is 19.6 Å². The number of nitrogens with one attached hydrogen (secondary N) is 1. The SMILES string of the molecule is CC1(C)CC(C)(O[Si](C)(C)C)P(=N[Si](C)(C)C)(N[Si](C)(C)C)O1. The molecule has 0 aliphatic carbocycles. The normalized spacial score (nSPS) is 32.2. The van der Waals surface area contributed by atoms with E-state index in [0.717, 1.165) is 6.42 Å². The van der Waals surface area contributed by atoms with Crippen LogP contribution in [0.1, 0.15) is 27.2 Å². The van der Waals surface area contributed by atoms with Gasteiger partial charge in [0.2, 0.25) is 0 Å². The average molecular weight is 395 g/mol. The Morgan fingerprint density at radius 1 is 0.957 bits per heavy atom. The molecular formula is C15H39N2O2PSi3. The Bertz CT molecular complexity index is 504. The summed E-state index contributed by atoms with van der Waals surface area (Å²) in [7, 11) is -7.20. The van der Waals surface area contributed by atoms with E-state index in [9.17, 15) is 0 Å². The predicted molar refractivity (Wildman–Crippen MR) is 112 cm³/mol. The molecule has 138 valence electrons. The monoisotopic (exact) mass is 394 g/mol. The van der Waals surface area contributed by atoms with Gasteiger partial charge < -0.3 is 13.4 Å². The van der Waals surface area contributed by atoms with Crippen LogP contribution >= 0.6 is 7.43 Å². The zero-order valence-corrected chi connectivity index (χ0v) is 21.3. The molecule has 0 saturated carbocycles. The second-order valence-corrected chi connectivity index (χ2v) is 27.9. The molecule has 2 unspecified atom stereocenters. The van der Waals surface area contributed by atoms with Gasteiger partial charge in [0.15, 0.2) is 24.0 Å². The zero-order valence-electron chi connectivity index (χ0n) is 17.4. The van der Waals surface area contributed by atoms with E-state index in [1.807, 2.05) is 0 Å². The Hall–Kier alpha value is 0.761. The minimum Gasteiger partial charge on any atom is -0.404 e. The van der Waals surface area contributed by atoms with Crippen molar-refractivity contribution in [2.75, 3.05) is 0 Å². The zero-order chi connectivity index (χ0) is 18.5. The summed E-state index contributed by atoms with van der Waals surface area (Å²) in [5.41, 5.74) is -0.196. The fraction of sp³-hybridized carbons (Fsp3) is 1.00. The lowest BCUT2D eigenvalue weighted by Gasteiger charge is -2.43. The third-order valence-corrected chi connectivity index (χ3v) is 14.2. The smallest absolute Gasteiger partial charge is 0.185 e. The Morgan fingerprint density at radius 2 is 1.43 bits per heavy atom. The van der Waals surface area contributed by atoms with Gasteiger partial charge in [-0.3, -0.25) is 4.75 Å². The van der Waals surface area contributed by atoms with Crippen molar-refractivity contribution < 1.29 is 8.95 Å². The summed E-state index contributed by atoms with van der Waals surface area (Å²) in [6, 6.07) is 0. The summed E-state index contributed by atoms with van der Waals surface area (Å²) >= 11 is 0. The van der Waals surface area contributed by atoms with Gasteiger partial charge in [-0.2, -0.15) is 0 Å². The predicted octanol–water partition coefficient (Wildman–Crippen LogP) is 6.04. The molecule has 4 nitrogen and oxygen atoms in total. The van der Waals surface area contributed by atoms with Crippen LogP contribution in [0.5, 0.6) is 0 Å². The molecule has 1 aliphatic rings. The van der Waals surface area contributed by atoms with E-state index in [0.29, 0.717) is 0 Å². The van der Waals surface area contributed by atoms with Gasteiger partial charge >= 0.3 is 0 Å². The lowest BCUT2D eigenvalue weighted by molar-refractivity contribution is 0.103. The summed E-state index contributed by atoms with van der Waals surface area (Å²) in [6.07, 6.45) is 0.906. The van der Waals surface area contributed by atoms with Crippen LogP contribution < -0.4 is 4.75 Å². The molecule has 1 aliphatic heterocycles. The van der Waals surface area contributed by atoms with Crippen molar-refractivity contribution in [1.82, 2.24) is 4.75 Å². The highest BCUT2D eigenvalue weighted by Gasteiger charge is 2.58. The molecule has 1 N–H and O–H groups in total. The second-order valence-electron chi connectivity index (χ2n) is 10.6. The summed E-state index contributed by atoms with van der Waals surface area (Å²) in [6.45, 7) is 27.3. The maximum atomic E-state index is 6.78. The van der Waals surface area contributed by atoms with Gasteiger partial charge in [0, 0.05) is 6.42 Å². The van der Waals surface area contributed by atoms with Crippen LogP contribution in [0, 0.1) is 0 Å². The summed E-state index contributed by atoms with van der Waals surface area (Å²) in [5, 5.41) is -0.318. The Balaban J connectivity index is 3.58. The molecule has 0 aromatic carbocycles. The molecule has 0 aromatic heterocycles. The van der Waals surface area contributed by atoms with Crippen LogP contribution in [-0.4, -0.2) is 35.7 Å². The van der Waals surface area contributed by atoms with Crippen molar-refractivity contribution in [2.45, 2.75) is 97.1 Å². The van der Waals surface area contributed by atoms with Crippen LogP contribution in [-0.2, 0) is 8.95 Å². The van der Waals surface area contributed by atoms with Crippen molar-refractivity contribution in [2.24, 2.45) is 4.41 Å². The Kier molecular flexibility index (Phi) is 5.86. The lowest BCUT2D eigenvalue weighted by Crippen LogP contribution is -2.47. The highest BCUT2D eigenvalue weighted by atomic mass is 31.2. The average Bonchev–Trinajstić information content (AvgIpc) is 2.19. The minimum atomic E-state index is -2.22. The minimum absolute atomic E-state index is 0.196. The highest BCUT2D eigenvalue weighted by molar-refractivity contribution is 7.64. The first-order valence-electron chi connectivity index (χ1n) is 8.62. The fourth-order valence-electron chi connectivity index (χ4n) is 3.31. The van der Waals surface area contributed by atoms with E-state index >= 15 is 0 Å². The van der Waals surface area contributed by atoms with E-state index in [1.54, 1.807) is 0 Å². The van der Waals surface area contributed by atoms with Crippen molar-refractivity contribution in [3.63, 3.8) is 0 Å². The molecule has 1 heterocycles. The number of nitrogens with zero attached hydrogens (tertiary/aromatic N) is 1. The van der Waals surface area contributed by atoms with E-state index in [2.05, 4.69) is 84.4 Å². The Labute approximate surface area is 147 Å². The molecular weight excluding hydrogens is 355 g/mol. The van der Waals surface area contributed by atoms with E-state index < -0.39 is 32.2 Å². The van der Waals surface area contributed by atoms with Crippen molar-refractivity contribution in [3.05, 3.63) is 0 Å². The summed E-state index contributed by atoms with van der Waals surface area (Å²) in [4.78, 5) is 0. The van der Waals surface area contributed by atoms with Crippen molar-refractivity contribution in [3.8, 4) is 0 Å². The highest BCUT2D eigenvalue weighted by Crippen LogP contribution is 2.71. The second kappa shape index (κ2) is 6.18. The van der Waals surface area contributed by atoms with Crippen molar-refractivity contribution in [1.29, 1.82) is 0 Å². The first kappa shape index (κ1) is 21.8. The summed E-state index contributed by atoms with van der Waals surface area (Å²) in [5.74, 6) is 0. The van der Waals surface area contributed by atoms with Crippen LogP contribution in [0.25, 0.3) is 0 Å². The first-order valence-corrected chi connectivity index (χ1v) is 20.6. The largest absolute Gasteiger partial charge is 0.404 e.